The zero-order chi connectivity index (χ0) is 20.3. The van der Waals surface area contributed by atoms with Crippen molar-refractivity contribution in [2.75, 3.05) is 7.05 Å². The van der Waals surface area contributed by atoms with E-state index in [9.17, 15) is 14.9 Å². The molecule has 0 aliphatic heterocycles. The highest BCUT2D eigenvalue weighted by molar-refractivity contribution is 6.31. The van der Waals surface area contributed by atoms with E-state index in [4.69, 9.17) is 20.8 Å². The Bertz CT molecular complexity index is 994. The van der Waals surface area contributed by atoms with Crippen molar-refractivity contribution in [3.8, 4) is 5.75 Å². The minimum absolute atomic E-state index is 0.0462. The molecular formula is C18H17ClN4O5. The molecule has 0 bridgehead atoms. The molecule has 2 aromatic heterocycles. The topological polar surface area (TPSA) is 104 Å². The van der Waals surface area contributed by atoms with Gasteiger partial charge in [0.25, 0.3) is 5.91 Å². The van der Waals surface area contributed by atoms with Gasteiger partial charge in [-0.15, -0.1) is 0 Å². The van der Waals surface area contributed by atoms with Crippen LogP contribution in [0.1, 0.15) is 22.0 Å². The molecule has 0 unspecified atom stereocenters. The minimum Gasteiger partial charge on any atom is -0.479 e. The first kappa shape index (κ1) is 19.4. The van der Waals surface area contributed by atoms with Crippen molar-refractivity contribution in [3.05, 3.63) is 74.9 Å². The quantitative estimate of drug-likeness (QED) is 0.441. The summed E-state index contributed by atoms with van der Waals surface area (Å²) in [6, 6.07) is 9.16. The van der Waals surface area contributed by atoms with Gasteiger partial charge in [0, 0.05) is 20.2 Å². The molecule has 1 aromatic carbocycles. The average Bonchev–Trinajstić information content (AvgIpc) is 3.28. The van der Waals surface area contributed by atoms with Crippen LogP contribution in [0.4, 0.5) is 5.69 Å². The lowest BCUT2D eigenvalue weighted by molar-refractivity contribution is -0.386. The minimum atomic E-state index is -0.523. The highest BCUT2D eigenvalue weighted by Gasteiger charge is 2.20. The summed E-state index contributed by atoms with van der Waals surface area (Å²) < 4.78 is 12.6. The van der Waals surface area contributed by atoms with Crippen LogP contribution >= 0.6 is 11.6 Å². The number of amides is 1. The maximum absolute atomic E-state index is 12.6. The molecule has 0 saturated heterocycles. The number of hydrogen-bond acceptors (Lipinski definition) is 6. The lowest BCUT2D eigenvalue weighted by Crippen LogP contribution is -2.27. The summed E-state index contributed by atoms with van der Waals surface area (Å²) in [4.78, 5) is 24.5. The standard InChI is InChI=1S/C18H17ClN4O5/c1-21(10-15-13(19)9-20-22(15)2)18(24)17-8-7-12(28-17)11-27-16-6-4-3-5-14(16)23(25)26/h3-9H,10-11H2,1-2H3. The molecule has 0 saturated carbocycles. The number of ether oxygens (including phenoxy) is 1. The number of hydrogen-bond donors (Lipinski definition) is 0. The fourth-order valence-corrected chi connectivity index (χ4v) is 2.77. The molecule has 0 aliphatic carbocycles. The maximum Gasteiger partial charge on any atom is 0.310 e. The second kappa shape index (κ2) is 8.13. The van der Waals surface area contributed by atoms with Crippen LogP contribution in [0, 0.1) is 10.1 Å². The Kier molecular flexibility index (Phi) is 5.65. The second-order valence-corrected chi connectivity index (χ2v) is 6.41. The number of aromatic nitrogens is 2. The van der Waals surface area contributed by atoms with Crippen molar-refractivity contribution in [1.82, 2.24) is 14.7 Å². The van der Waals surface area contributed by atoms with Gasteiger partial charge in [0.1, 0.15) is 12.4 Å². The molecule has 10 heteroatoms. The molecule has 3 rings (SSSR count). The summed E-state index contributed by atoms with van der Waals surface area (Å²) in [5, 5.41) is 15.5. The molecule has 0 N–H and O–H groups in total. The second-order valence-electron chi connectivity index (χ2n) is 6.00. The fourth-order valence-electron chi connectivity index (χ4n) is 2.55. The SMILES string of the molecule is CN(Cc1c(Cl)cnn1C)C(=O)c1ccc(COc2ccccc2[N+](=O)[O-])o1. The lowest BCUT2D eigenvalue weighted by atomic mass is 10.3. The van der Waals surface area contributed by atoms with E-state index in [2.05, 4.69) is 5.10 Å². The largest absolute Gasteiger partial charge is 0.479 e. The Balaban J connectivity index is 1.65. The first-order valence-corrected chi connectivity index (χ1v) is 8.61. The van der Waals surface area contributed by atoms with Gasteiger partial charge in [-0.2, -0.15) is 5.10 Å². The summed E-state index contributed by atoms with van der Waals surface area (Å²) in [6.45, 7) is 0.215. The molecule has 0 atom stereocenters. The van der Waals surface area contributed by atoms with Crippen LogP contribution in [-0.4, -0.2) is 32.6 Å². The van der Waals surface area contributed by atoms with E-state index >= 15 is 0 Å². The summed E-state index contributed by atoms with van der Waals surface area (Å²) in [5.41, 5.74) is 0.558. The van der Waals surface area contributed by atoms with Gasteiger partial charge in [-0.3, -0.25) is 19.6 Å². The van der Waals surface area contributed by atoms with Crippen molar-refractivity contribution >= 4 is 23.2 Å². The number of furan rings is 1. The average molecular weight is 405 g/mol. The summed E-state index contributed by atoms with van der Waals surface area (Å²) in [6.07, 6.45) is 1.51. The Labute approximate surface area is 165 Å². The van der Waals surface area contributed by atoms with Crippen LogP contribution in [0.5, 0.6) is 5.75 Å². The van der Waals surface area contributed by atoms with Gasteiger partial charge in [-0.25, -0.2) is 0 Å². The van der Waals surface area contributed by atoms with E-state index in [0.717, 1.165) is 0 Å². The normalized spacial score (nSPS) is 10.7. The van der Waals surface area contributed by atoms with E-state index in [1.807, 2.05) is 0 Å². The van der Waals surface area contributed by atoms with Gasteiger partial charge < -0.3 is 14.1 Å². The molecule has 0 aliphatic rings. The highest BCUT2D eigenvalue weighted by Crippen LogP contribution is 2.27. The Hall–Kier alpha value is -3.33. The molecule has 3 aromatic rings. The van der Waals surface area contributed by atoms with Crippen molar-refractivity contribution < 1.29 is 18.9 Å². The van der Waals surface area contributed by atoms with Crippen molar-refractivity contribution in [2.24, 2.45) is 7.05 Å². The third-order valence-corrected chi connectivity index (χ3v) is 4.36. The number of carbonyl (C=O) groups is 1. The molecule has 146 valence electrons. The van der Waals surface area contributed by atoms with Gasteiger partial charge >= 0.3 is 5.69 Å². The monoisotopic (exact) mass is 404 g/mol. The first-order valence-electron chi connectivity index (χ1n) is 8.23. The summed E-state index contributed by atoms with van der Waals surface area (Å²) in [7, 11) is 3.36. The number of nitro groups is 1. The number of halogens is 1. The summed E-state index contributed by atoms with van der Waals surface area (Å²) >= 11 is 6.07. The van der Waals surface area contributed by atoms with E-state index in [1.54, 1.807) is 37.0 Å². The van der Waals surface area contributed by atoms with E-state index in [0.29, 0.717) is 16.5 Å². The Morgan fingerprint density at radius 1 is 1.36 bits per heavy atom. The number of aryl methyl sites for hydroxylation is 1. The third kappa shape index (κ3) is 4.15. The molecule has 9 nitrogen and oxygen atoms in total. The van der Waals surface area contributed by atoms with Crippen LogP contribution < -0.4 is 4.74 Å². The van der Waals surface area contributed by atoms with Crippen LogP contribution in [0.25, 0.3) is 0 Å². The van der Waals surface area contributed by atoms with Crippen LogP contribution in [0.15, 0.2) is 47.0 Å². The fraction of sp³-hybridized carbons (Fsp3) is 0.222. The van der Waals surface area contributed by atoms with Crippen molar-refractivity contribution in [1.29, 1.82) is 0 Å². The number of nitro benzene ring substituents is 1. The molecule has 2 heterocycles. The van der Waals surface area contributed by atoms with Gasteiger partial charge in [-0.05, 0) is 18.2 Å². The number of para-hydroxylation sites is 2. The number of rotatable bonds is 7. The first-order chi connectivity index (χ1) is 13.4. The van der Waals surface area contributed by atoms with Crippen LogP contribution in [-0.2, 0) is 20.2 Å². The van der Waals surface area contributed by atoms with Crippen molar-refractivity contribution in [2.45, 2.75) is 13.2 Å². The molecule has 0 radical (unpaired) electrons. The van der Waals surface area contributed by atoms with Crippen molar-refractivity contribution in [3.63, 3.8) is 0 Å². The van der Waals surface area contributed by atoms with Gasteiger partial charge in [0.2, 0.25) is 0 Å². The van der Waals surface area contributed by atoms with E-state index in [1.165, 1.54) is 29.3 Å². The molecular weight excluding hydrogens is 388 g/mol. The molecule has 0 spiro atoms. The smallest absolute Gasteiger partial charge is 0.310 e. The van der Waals surface area contributed by atoms with E-state index < -0.39 is 4.92 Å². The van der Waals surface area contributed by atoms with Gasteiger partial charge in [0.05, 0.1) is 28.4 Å². The van der Waals surface area contributed by atoms with Gasteiger partial charge in [-0.1, -0.05) is 23.7 Å². The summed E-state index contributed by atoms with van der Waals surface area (Å²) in [5.74, 6) is 0.282. The van der Waals surface area contributed by atoms with Gasteiger partial charge in [0.15, 0.2) is 11.5 Å². The highest BCUT2D eigenvalue weighted by atomic mass is 35.5. The lowest BCUT2D eigenvalue weighted by Gasteiger charge is -2.16. The number of nitrogens with zero attached hydrogens (tertiary/aromatic N) is 4. The third-order valence-electron chi connectivity index (χ3n) is 4.05. The maximum atomic E-state index is 12.6. The Morgan fingerprint density at radius 3 is 2.79 bits per heavy atom. The zero-order valence-corrected chi connectivity index (χ0v) is 15.9. The molecule has 0 fully saturated rings. The number of benzene rings is 1. The van der Waals surface area contributed by atoms with Crippen LogP contribution in [0.3, 0.4) is 0 Å². The molecule has 1 amide bonds. The predicted octanol–water partition coefficient (Wildman–Crippen LogP) is 3.43. The molecule has 28 heavy (non-hydrogen) atoms. The number of carbonyl (C=O) groups excluding carboxylic acids is 1. The van der Waals surface area contributed by atoms with E-state index in [-0.39, 0.29) is 36.3 Å². The Morgan fingerprint density at radius 2 is 2.11 bits per heavy atom. The predicted molar refractivity (Wildman–Crippen MR) is 100 cm³/mol. The van der Waals surface area contributed by atoms with Crippen LogP contribution in [0.2, 0.25) is 5.02 Å². The zero-order valence-electron chi connectivity index (χ0n) is 15.2.